The third-order valence-corrected chi connectivity index (χ3v) is 4.37. The van der Waals surface area contributed by atoms with Crippen molar-refractivity contribution in [3.05, 3.63) is 24.0 Å². The van der Waals surface area contributed by atoms with Gasteiger partial charge in [0.05, 0.1) is 13.2 Å². The van der Waals surface area contributed by atoms with Crippen molar-refractivity contribution in [1.29, 1.82) is 0 Å². The van der Waals surface area contributed by atoms with E-state index < -0.39 is 0 Å². The van der Waals surface area contributed by atoms with Gasteiger partial charge in [-0.3, -0.25) is 15.7 Å². The molecule has 1 aromatic heterocycles. The number of aromatic nitrogens is 1. The molecule has 2 atom stereocenters. The molecule has 1 fully saturated rings. The van der Waals surface area contributed by atoms with Gasteiger partial charge < -0.3 is 4.74 Å². The summed E-state index contributed by atoms with van der Waals surface area (Å²) >= 11 is 1.95. The number of hydrogen-bond donors (Lipinski definition) is 2. The van der Waals surface area contributed by atoms with E-state index in [0.29, 0.717) is 6.04 Å². The second-order valence-corrected chi connectivity index (χ2v) is 5.51. The second kappa shape index (κ2) is 6.38. The molecule has 1 saturated heterocycles. The summed E-state index contributed by atoms with van der Waals surface area (Å²) in [4.78, 5) is 6.76. The Morgan fingerprint density at radius 1 is 1.67 bits per heavy atom. The van der Waals surface area contributed by atoms with E-state index in [1.54, 1.807) is 13.3 Å². The summed E-state index contributed by atoms with van der Waals surface area (Å²) in [6, 6.07) is 4.11. The van der Waals surface area contributed by atoms with Crippen molar-refractivity contribution in [3.8, 4) is 5.75 Å². The Bertz CT molecular complexity index is 390. The van der Waals surface area contributed by atoms with Crippen LogP contribution in [0, 0.1) is 0 Å². The Morgan fingerprint density at radius 3 is 3.17 bits per heavy atom. The van der Waals surface area contributed by atoms with Crippen LogP contribution >= 0.6 is 11.8 Å². The first-order chi connectivity index (χ1) is 8.77. The third-order valence-electron chi connectivity index (χ3n) is 3.32. The van der Waals surface area contributed by atoms with E-state index in [4.69, 9.17) is 10.6 Å². The predicted octanol–water partition coefficient (Wildman–Crippen LogP) is 0.642. The molecule has 5 nitrogen and oxygen atoms in total. The fraction of sp³-hybridized carbons (Fsp3) is 0.583. The standard InChI is InChI=1S/C12H20N4OS/c1-16-6-7-18-8-9(16)11(15-13)12-10(17-2)4-3-5-14-12/h3-5,9,11,15H,6-8,13H2,1-2H3. The van der Waals surface area contributed by atoms with Crippen LogP contribution in [0.25, 0.3) is 0 Å². The summed E-state index contributed by atoms with van der Waals surface area (Å²) in [5.41, 5.74) is 3.77. The maximum absolute atomic E-state index is 5.74. The van der Waals surface area contributed by atoms with Crippen molar-refractivity contribution in [2.75, 3.05) is 32.2 Å². The first-order valence-corrected chi connectivity index (χ1v) is 7.16. The Hall–Kier alpha value is -0.820. The van der Waals surface area contributed by atoms with Crippen LogP contribution in [-0.4, -0.2) is 48.1 Å². The quantitative estimate of drug-likeness (QED) is 0.617. The van der Waals surface area contributed by atoms with Crippen LogP contribution in [0.15, 0.2) is 18.3 Å². The van der Waals surface area contributed by atoms with E-state index in [-0.39, 0.29) is 6.04 Å². The first-order valence-electron chi connectivity index (χ1n) is 6.01. The van der Waals surface area contributed by atoms with E-state index in [2.05, 4.69) is 22.4 Å². The van der Waals surface area contributed by atoms with Crippen LogP contribution in [0.3, 0.4) is 0 Å². The van der Waals surface area contributed by atoms with Crippen LogP contribution in [-0.2, 0) is 0 Å². The molecular weight excluding hydrogens is 248 g/mol. The van der Waals surface area contributed by atoms with Crippen LogP contribution in [0.4, 0.5) is 0 Å². The summed E-state index contributed by atoms with van der Waals surface area (Å²) in [6.07, 6.45) is 1.78. The highest BCUT2D eigenvalue weighted by atomic mass is 32.2. The number of nitrogens with two attached hydrogens (primary N) is 1. The normalized spacial score (nSPS) is 22.7. The van der Waals surface area contributed by atoms with Gasteiger partial charge in [0.2, 0.25) is 0 Å². The van der Waals surface area contributed by atoms with E-state index >= 15 is 0 Å². The predicted molar refractivity (Wildman–Crippen MR) is 74.6 cm³/mol. The lowest BCUT2D eigenvalue weighted by Gasteiger charge is -2.37. The van der Waals surface area contributed by atoms with Crippen LogP contribution < -0.4 is 16.0 Å². The van der Waals surface area contributed by atoms with Gasteiger partial charge in [-0.05, 0) is 19.2 Å². The number of thioether (sulfide) groups is 1. The lowest BCUT2D eigenvalue weighted by Crippen LogP contribution is -2.49. The minimum absolute atomic E-state index is 0.0149. The molecule has 1 aliphatic rings. The van der Waals surface area contributed by atoms with Crippen molar-refractivity contribution in [1.82, 2.24) is 15.3 Å². The Morgan fingerprint density at radius 2 is 2.50 bits per heavy atom. The summed E-state index contributed by atoms with van der Waals surface area (Å²) < 4.78 is 5.37. The fourth-order valence-corrected chi connectivity index (χ4v) is 3.51. The average molecular weight is 268 g/mol. The van der Waals surface area contributed by atoms with Gasteiger partial charge in [-0.1, -0.05) is 0 Å². The number of nitrogens with zero attached hydrogens (tertiary/aromatic N) is 2. The molecule has 0 aliphatic carbocycles. The number of nitrogens with one attached hydrogen (secondary N) is 1. The fourth-order valence-electron chi connectivity index (χ4n) is 2.24. The highest BCUT2D eigenvalue weighted by Gasteiger charge is 2.31. The largest absolute Gasteiger partial charge is 0.495 e. The van der Waals surface area contributed by atoms with Gasteiger partial charge in [0.1, 0.15) is 11.4 Å². The Balaban J connectivity index is 2.26. The molecule has 2 unspecified atom stereocenters. The van der Waals surface area contributed by atoms with Crippen LogP contribution in [0.2, 0.25) is 0 Å². The number of likely N-dealkylation sites (N-methyl/N-ethyl adjacent to an activating group) is 1. The highest BCUT2D eigenvalue weighted by Crippen LogP contribution is 2.29. The monoisotopic (exact) mass is 268 g/mol. The SMILES string of the molecule is COc1cccnc1C(NN)C1CSCCN1C. The molecule has 0 saturated carbocycles. The van der Waals surface area contributed by atoms with Gasteiger partial charge in [-0.25, -0.2) is 5.43 Å². The summed E-state index contributed by atoms with van der Waals surface area (Å²) in [5, 5.41) is 0. The molecule has 2 rings (SSSR count). The topological polar surface area (TPSA) is 63.4 Å². The Labute approximate surface area is 112 Å². The van der Waals surface area contributed by atoms with Crippen molar-refractivity contribution < 1.29 is 4.74 Å². The van der Waals surface area contributed by atoms with Crippen LogP contribution in [0.5, 0.6) is 5.75 Å². The minimum atomic E-state index is -0.0149. The van der Waals surface area contributed by atoms with Gasteiger partial charge in [-0.2, -0.15) is 11.8 Å². The molecule has 0 bridgehead atoms. The molecule has 1 aromatic rings. The van der Waals surface area contributed by atoms with Crippen molar-refractivity contribution in [3.63, 3.8) is 0 Å². The molecule has 0 aromatic carbocycles. The number of pyridine rings is 1. The molecule has 0 amide bonds. The highest BCUT2D eigenvalue weighted by molar-refractivity contribution is 7.99. The molecule has 6 heteroatoms. The molecule has 100 valence electrons. The summed E-state index contributed by atoms with van der Waals surface area (Å²) in [7, 11) is 3.79. The van der Waals surface area contributed by atoms with Gasteiger partial charge in [0, 0.05) is 30.3 Å². The zero-order chi connectivity index (χ0) is 13.0. The van der Waals surface area contributed by atoms with E-state index in [0.717, 1.165) is 23.7 Å². The van der Waals surface area contributed by atoms with Crippen LogP contribution in [0.1, 0.15) is 11.7 Å². The van der Waals surface area contributed by atoms with E-state index in [1.807, 2.05) is 23.9 Å². The maximum Gasteiger partial charge on any atom is 0.142 e. The van der Waals surface area contributed by atoms with Crippen molar-refractivity contribution in [2.24, 2.45) is 5.84 Å². The van der Waals surface area contributed by atoms with Gasteiger partial charge >= 0.3 is 0 Å². The van der Waals surface area contributed by atoms with Gasteiger partial charge in [0.25, 0.3) is 0 Å². The lowest BCUT2D eigenvalue weighted by molar-refractivity contribution is 0.211. The van der Waals surface area contributed by atoms with Gasteiger partial charge in [-0.15, -0.1) is 0 Å². The van der Waals surface area contributed by atoms with Crippen molar-refractivity contribution in [2.45, 2.75) is 12.1 Å². The van der Waals surface area contributed by atoms with Gasteiger partial charge in [0.15, 0.2) is 0 Å². The van der Waals surface area contributed by atoms with Crippen molar-refractivity contribution >= 4 is 11.8 Å². The molecule has 18 heavy (non-hydrogen) atoms. The van der Waals surface area contributed by atoms with E-state index in [9.17, 15) is 0 Å². The lowest BCUT2D eigenvalue weighted by atomic mass is 10.0. The average Bonchev–Trinajstić information content (AvgIpc) is 2.42. The molecule has 0 radical (unpaired) electrons. The first kappa shape index (κ1) is 13.6. The molecule has 2 heterocycles. The maximum atomic E-state index is 5.74. The number of hydrogen-bond acceptors (Lipinski definition) is 6. The number of hydrazine groups is 1. The number of methoxy groups -OCH3 is 1. The molecular formula is C12H20N4OS. The summed E-state index contributed by atoms with van der Waals surface area (Å²) in [5.74, 6) is 8.74. The Kier molecular flexibility index (Phi) is 4.82. The summed E-state index contributed by atoms with van der Waals surface area (Å²) in [6.45, 7) is 1.07. The smallest absolute Gasteiger partial charge is 0.142 e. The zero-order valence-electron chi connectivity index (χ0n) is 10.8. The van der Waals surface area contributed by atoms with E-state index in [1.165, 1.54) is 5.75 Å². The minimum Gasteiger partial charge on any atom is -0.495 e. The molecule has 0 spiro atoms. The zero-order valence-corrected chi connectivity index (χ0v) is 11.6. The molecule has 3 N–H and O–H groups in total. The third kappa shape index (κ3) is 2.77. The molecule has 1 aliphatic heterocycles. The second-order valence-electron chi connectivity index (χ2n) is 4.36. The number of rotatable bonds is 4. The number of ether oxygens (including phenoxy) is 1.